The molecule has 3 nitrogen and oxygen atoms in total. The van der Waals surface area contributed by atoms with Crippen LogP contribution in [0, 0.1) is 0 Å². The smallest absolute Gasteiger partial charge is 0.392 e. The zero-order valence-corrected chi connectivity index (χ0v) is 8.65. The van der Waals surface area contributed by atoms with Gasteiger partial charge in [-0.15, -0.1) is 0 Å². The maximum absolute atomic E-state index is 12.3. The van der Waals surface area contributed by atoms with Gasteiger partial charge in [0.25, 0.3) is 0 Å². The van der Waals surface area contributed by atoms with E-state index >= 15 is 0 Å². The fraction of sp³-hybridized carbons (Fsp3) is 0.182. The predicted octanol–water partition coefficient (Wildman–Crippen LogP) is 2.38. The zero-order valence-electron chi connectivity index (χ0n) is 8.65. The summed E-state index contributed by atoms with van der Waals surface area (Å²) in [5, 5.41) is 12.8. The zero-order chi connectivity index (χ0) is 12.5. The number of rotatable bonds is 2. The van der Waals surface area contributed by atoms with Crippen molar-refractivity contribution in [2.45, 2.75) is 12.8 Å². The molecule has 6 heteroatoms. The fourth-order valence-corrected chi connectivity index (χ4v) is 1.39. The second-order valence-electron chi connectivity index (χ2n) is 3.50. The summed E-state index contributed by atoms with van der Waals surface area (Å²) in [5.41, 5.74) is 0.415. The van der Waals surface area contributed by atoms with E-state index in [1.54, 1.807) is 6.20 Å². The average Bonchev–Trinajstić information content (AvgIpc) is 2.76. The van der Waals surface area contributed by atoms with Gasteiger partial charge in [0.2, 0.25) is 0 Å². The molecule has 0 bridgehead atoms. The van der Waals surface area contributed by atoms with Gasteiger partial charge < -0.3 is 5.11 Å². The number of nitrogens with zero attached hydrogens (tertiary/aromatic N) is 2. The lowest BCUT2D eigenvalue weighted by Crippen LogP contribution is -2.05. The summed E-state index contributed by atoms with van der Waals surface area (Å²) in [4.78, 5) is 0. The van der Waals surface area contributed by atoms with Crippen molar-refractivity contribution in [3.8, 4) is 5.69 Å². The van der Waals surface area contributed by atoms with Crippen molar-refractivity contribution in [1.82, 2.24) is 9.78 Å². The fourth-order valence-electron chi connectivity index (χ4n) is 1.39. The van der Waals surface area contributed by atoms with Crippen LogP contribution in [0.25, 0.3) is 5.69 Å². The van der Waals surface area contributed by atoms with Crippen LogP contribution in [0.3, 0.4) is 0 Å². The first-order valence-corrected chi connectivity index (χ1v) is 4.83. The first-order chi connectivity index (χ1) is 8.00. The summed E-state index contributed by atoms with van der Waals surface area (Å²) in [6.45, 7) is -0.152. The van der Waals surface area contributed by atoms with E-state index in [0.717, 1.165) is 12.1 Å². The standard InChI is InChI=1S/C11H9F3N2O/c12-11(13,14)9-1-3-10(4-2-9)16-6-8(7-17)5-15-16/h1-6,17H,7H2. The Kier molecular flexibility index (Phi) is 2.89. The van der Waals surface area contributed by atoms with E-state index in [1.807, 2.05) is 0 Å². The van der Waals surface area contributed by atoms with Crippen molar-refractivity contribution in [2.75, 3.05) is 0 Å². The van der Waals surface area contributed by atoms with Crippen LogP contribution in [0.4, 0.5) is 13.2 Å². The molecule has 0 radical (unpaired) electrons. The molecular weight excluding hydrogens is 233 g/mol. The number of aliphatic hydroxyl groups is 1. The summed E-state index contributed by atoms with van der Waals surface area (Å²) in [5.74, 6) is 0. The summed E-state index contributed by atoms with van der Waals surface area (Å²) in [7, 11) is 0. The summed E-state index contributed by atoms with van der Waals surface area (Å²) in [6.07, 6.45) is -1.32. The topological polar surface area (TPSA) is 38.1 Å². The molecule has 1 N–H and O–H groups in total. The van der Waals surface area contributed by atoms with Gasteiger partial charge in [-0.3, -0.25) is 0 Å². The molecule has 0 atom stereocenters. The summed E-state index contributed by atoms with van der Waals surface area (Å²) < 4.78 is 38.4. The molecule has 90 valence electrons. The largest absolute Gasteiger partial charge is 0.416 e. The van der Waals surface area contributed by atoms with E-state index < -0.39 is 11.7 Å². The van der Waals surface area contributed by atoms with Crippen molar-refractivity contribution < 1.29 is 18.3 Å². The second kappa shape index (κ2) is 4.21. The minimum absolute atomic E-state index is 0.152. The average molecular weight is 242 g/mol. The van der Waals surface area contributed by atoms with Gasteiger partial charge in [-0.2, -0.15) is 18.3 Å². The van der Waals surface area contributed by atoms with Crippen molar-refractivity contribution >= 4 is 0 Å². The number of benzene rings is 1. The van der Waals surface area contributed by atoms with Crippen LogP contribution in [-0.2, 0) is 12.8 Å². The lowest BCUT2D eigenvalue weighted by molar-refractivity contribution is -0.137. The van der Waals surface area contributed by atoms with Crippen LogP contribution < -0.4 is 0 Å². The van der Waals surface area contributed by atoms with Crippen LogP contribution in [0.15, 0.2) is 36.7 Å². The Labute approximate surface area is 95.1 Å². The minimum atomic E-state index is -4.33. The van der Waals surface area contributed by atoms with Gasteiger partial charge in [-0.1, -0.05) is 0 Å². The van der Waals surface area contributed by atoms with E-state index in [-0.39, 0.29) is 6.61 Å². The lowest BCUT2D eigenvalue weighted by Gasteiger charge is -2.07. The SMILES string of the molecule is OCc1cnn(-c2ccc(C(F)(F)F)cc2)c1. The Morgan fingerprint density at radius 1 is 1.18 bits per heavy atom. The van der Waals surface area contributed by atoms with E-state index in [4.69, 9.17) is 5.11 Å². The highest BCUT2D eigenvalue weighted by Gasteiger charge is 2.29. The molecule has 1 aromatic heterocycles. The molecule has 0 spiro atoms. The number of alkyl halides is 3. The molecule has 0 unspecified atom stereocenters. The van der Waals surface area contributed by atoms with Crippen molar-refractivity contribution in [1.29, 1.82) is 0 Å². The predicted molar refractivity (Wildman–Crippen MR) is 54.5 cm³/mol. The van der Waals surface area contributed by atoms with Gasteiger partial charge in [0.05, 0.1) is 24.1 Å². The van der Waals surface area contributed by atoms with Crippen LogP contribution >= 0.6 is 0 Å². The van der Waals surface area contributed by atoms with Crippen molar-refractivity contribution in [3.63, 3.8) is 0 Å². The summed E-state index contributed by atoms with van der Waals surface area (Å²) in [6, 6.07) is 4.65. The summed E-state index contributed by atoms with van der Waals surface area (Å²) >= 11 is 0. The molecule has 0 saturated carbocycles. The normalized spacial score (nSPS) is 11.8. The van der Waals surface area contributed by atoms with Gasteiger partial charge in [-0.05, 0) is 24.3 Å². The molecule has 2 rings (SSSR count). The van der Waals surface area contributed by atoms with Crippen molar-refractivity contribution in [3.05, 3.63) is 47.8 Å². The lowest BCUT2D eigenvalue weighted by atomic mass is 10.2. The van der Waals surface area contributed by atoms with Crippen molar-refractivity contribution in [2.24, 2.45) is 0 Å². The highest BCUT2D eigenvalue weighted by Crippen LogP contribution is 2.29. The van der Waals surface area contributed by atoms with Crippen LogP contribution in [0.1, 0.15) is 11.1 Å². The number of aliphatic hydroxyl groups excluding tert-OH is 1. The third-order valence-corrected chi connectivity index (χ3v) is 2.28. The molecule has 17 heavy (non-hydrogen) atoms. The Balaban J connectivity index is 2.29. The molecule has 0 amide bonds. The molecule has 1 heterocycles. The number of hydrogen-bond acceptors (Lipinski definition) is 2. The number of hydrogen-bond donors (Lipinski definition) is 1. The molecule has 0 aliphatic heterocycles. The Morgan fingerprint density at radius 3 is 2.29 bits per heavy atom. The van der Waals surface area contributed by atoms with E-state index in [1.165, 1.54) is 23.0 Å². The van der Waals surface area contributed by atoms with Gasteiger partial charge in [0.1, 0.15) is 0 Å². The third kappa shape index (κ3) is 2.47. The minimum Gasteiger partial charge on any atom is -0.392 e. The van der Waals surface area contributed by atoms with Crippen LogP contribution in [0.2, 0.25) is 0 Å². The highest BCUT2D eigenvalue weighted by molar-refractivity contribution is 5.35. The maximum atomic E-state index is 12.3. The quantitative estimate of drug-likeness (QED) is 0.878. The van der Waals surface area contributed by atoms with Crippen LogP contribution in [0.5, 0.6) is 0 Å². The van der Waals surface area contributed by atoms with Gasteiger partial charge in [0.15, 0.2) is 0 Å². The Bertz CT molecular complexity index is 502. The first-order valence-electron chi connectivity index (χ1n) is 4.83. The molecule has 0 aliphatic carbocycles. The van der Waals surface area contributed by atoms with E-state index in [9.17, 15) is 13.2 Å². The van der Waals surface area contributed by atoms with Crippen LogP contribution in [-0.4, -0.2) is 14.9 Å². The molecule has 0 saturated heterocycles. The van der Waals surface area contributed by atoms with Gasteiger partial charge >= 0.3 is 6.18 Å². The highest BCUT2D eigenvalue weighted by atomic mass is 19.4. The maximum Gasteiger partial charge on any atom is 0.416 e. The molecule has 1 aromatic carbocycles. The monoisotopic (exact) mass is 242 g/mol. The van der Waals surface area contributed by atoms with Gasteiger partial charge in [0, 0.05) is 11.8 Å². The number of aromatic nitrogens is 2. The number of halogens is 3. The molecule has 2 aromatic rings. The third-order valence-electron chi connectivity index (χ3n) is 2.28. The molecule has 0 fully saturated rings. The second-order valence-corrected chi connectivity index (χ2v) is 3.50. The van der Waals surface area contributed by atoms with E-state index in [2.05, 4.69) is 5.10 Å². The Morgan fingerprint density at radius 2 is 1.82 bits per heavy atom. The molecule has 0 aliphatic rings. The first kappa shape index (κ1) is 11.7. The Hall–Kier alpha value is -1.82. The van der Waals surface area contributed by atoms with Gasteiger partial charge in [-0.25, -0.2) is 4.68 Å². The molecular formula is C11H9F3N2O. The van der Waals surface area contributed by atoms with E-state index in [0.29, 0.717) is 11.3 Å².